The number of carbonyl (C=O) groups is 2. The van der Waals surface area contributed by atoms with Crippen molar-refractivity contribution in [3.05, 3.63) is 59.9 Å². The Morgan fingerprint density at radius 3 is 2.74 bits per heavy atom. The van der Waals surface area contributed by atoms with Gasteiger partial charge in [0.1, 0.15) is 18.2 Å². The number of carbonyl (C=O) groups excluding carboxylic acids is 2. The van der Waals surface area contributed by atoms with E-state index >= 15 is 0 Å². The quantitative estimate of drug-likeness (QED) is 0.847. The monoisotopic (exact) mass is 371 g/mol. The van der Waals surface area contributed by atoms with E-state index in [0.29, 0.717) is 31.1 Å². The van der Waals surface area contributed by atoms with Crippen LogP contribution in [-0.2, 0) is 11.4 Å². The van der Waals surface area contributed by atoms with E-state index in [1.54, 1.807) is 36.4 Å². The molecule has 0 radical (unpaired) electrons. The summed E-state index contributed by atoms with van der Waals surface area (Å²) in [6, 6.07) is 12.7. The first-order chi connectivity index (χ1) is 13.0. The average molecular weight is 371 g/mol. The first-order valence-electron chi connectivity index (χ1n) is 8.84. The summed E-state index contributed by atoms with van der Waals surface area (Å²) in [5.41, 5.74) is 6.77. The number of hydrogen-bond acceptors (Lipinski definition) is 3. The van der Waals surface area contributed by atoms with E-state index in [4.69, 9.17) is 10.5 Å². The molecule has 7 heteroatoms. The number of halogens is 1. The van der Waals surface area contributed by atoms with Gasteiger partial charge in [-0.15, -0.1) is 0 Å². The van der Waals surface area contributed by atoms with Crippen LogP contribution >= 0.6 is 0 Å². The zero-order valence-corrected chi connectivity index (χ0v) is 14.9. The molecule has 0 spiro atoms. The molecule has 0 saturated carbocycles. The molecule has 1 aliphatic heterocycles. The van der Waals surface area contributed by atoms with Gasteiger partial charge >= 0.3 is 6.03 Å². The van der Waals surface area contributed by atoms with Crippen molar-refractivity contribution >= 4 is 17.6 Å². The molecule has 3 amide bonds. The number of hydrogen-bond donors (Lipinski definition) is 2. The lowest BCUT2D eigenvalue weighted by Gasteiger charge is -2.30. The lowest BCUT2D eigenvalue weighted by atomic mass is 9.97. The summed E-state index contributed by atoms with van der Waals surface area (Å²) in [6.45, 7) is 1.22. The Morgan fingerprint density at radius 2 is 2.00 bits per heavy atom. The highest BCUT2D eigenvalue weighted by molar-refractivity contribution is 5.93. The molecule has 0 aromatic heterocycles. The average Bonchev–Trinajstić information content (AvgIpc) is 2.68. The van der Waals surface area contributed by atoms with Gasteiger partial charge in [0.25, 0.3) is 0 Å². The molecule has 1 atom stereocenters. The predicted octanol–water partition coefficient (Wildman–Crippen LogP) is 3.13. The standard InChI is InChI=1S/C20H22FN3O3/c21-16-8-6-14(7-9-16)13-27-18-5-1-4-17(11-18)23-19(25)15-3-2-10-24(12-15)20(22)26/h1,4-9,11,15H,2-3,10,12-13H2,(H2,22,26)(H,23,25)/t15-/m1/s1. The molecule has 0 unspecified atom stereocenters. The van der Waals surface area contributed by atoms with Crippen molar-refractivity contribution in [1.29, 1.82) is 0 Å². The number of piperidine rings is 1. The van der Waals surface area contributed by atoms with Crippen molar-refractivity contribution < 1.29 is 18.7 Å². The second kappa shape index (κ2) is 8.53. The highest BCUT2D eigenvalue weighted by Crippen LogP contribution is 2.22. The highest BCUT2D eigenvalue weighted by atomic mass is 19.1. The summed E-state index contributed by atoms with van der Waals surface area (Å²) >= 11 is 0. The lowest BCUT2D eigenvalue weighted by Crippen LogP contribution is -2.46. The van der Waals surface area contributed by atoms with Crippen LogP contribution in [0.5, 0.6) is 5.75 Å². The second-order valence-electron chi connectivity index (χ2n) is 6.56. The molecule has 2 aromatic rings. The van der Waals surface area contributed by atoms with Crippen LogP contribution in [0.4, 0.5) is 14.9 Å². The van der Waals surface area contributed by atoms with Crippen LogP contribution in [0.15, 0.2) is 48.5 Å². The lowest BCUT2D eigenvalue weighted by molar-refractivity contribution is -0.121. The third kappa shape index (κ3) is 5.20. The van der Waals surface area contributed by atoms with Crippen molar-refractivity contribution in [2.75, 3.05) is 18.4 Å². The van der Waals surface area contributed by atoms with E-state index in [0.717, 1.165) is 18.4 Å². The zero-order chi connectivity index (χ0) is 19.2. The minimum atomic E-state index is -0.497. The van der Waals surface area contributed by atoms with E-state index in [-0.39, 0.29) is 17.6 Å². The van der Waals surface area contributed by atoms with Gasteiger partial charge in [0.05, 0.1) is 5.92 Å². The van der Waals surface area contributed by atoms with Gasteiger partial charge in [-0.05, 0) is 42.7 Å². The van der Waals surface area contributed by atoms with Crippen LogP contribution in [0.2, 0.25) is 0 Å². The maximum atomic E-state index is 12.9. The number of nitrogens with one attached hydrogen (secondary N) is 1. The summed E-state index contributed by atoms with van der Waals surface area (Å²) in [6.07, 6.45) is 1.47. The topological polar surface area (TPSA) is 84.7 Å². The fourth-order valence-corrected chi connectivity index (χ4v) is 3.05. The predicted molar refractivity (Wildman–Crippen MR) is 99.7 cm³/mol. The van der Waals surface area contributed by atoms with E-state index in [2.05, 4.69) is 5.32 Å². The van der Waals surface area contributed by atoms with Gasteiger partial charge in [-0.3, -0.25) is 4.79 Å². The Hall–Kier alpha value is -3.09. The fourth-order valence-electron chi connectivity index (χ4n) is 3.05. The maximum absolute atomic E-state index is 12.9. The number of nitrogens with zero attached hydrogens (tertiary/aromatic N) is 1. The molecule has 2 aromatic carbocycles. The van der Waals surface area contributed by atoms with E-state index in [1.807, 2.05) is 0 Å². The Kier molecular flexibility index (Phi) is 5.90. The number of ether oxygens (including phenoxy) is 1. The molecular weight excluding hydrogens is 349 g/mol. The molecule has 0 bridgehead atoms. The Balaban J connectivity index is 1.57. The second-order valence-corrected chi connectivity index (χ2v) is 6.56. The van der Waals surface area contributed by atoms with Gasteiger partial charge in [-0.2, -0.15) is 0 Å². The van der Waals surface area contributed by atoms with Gasteiger partial charge in [0.2, 0.25) is 5.91 Å². The smallest absolute Gasteiger partial charge is 0.314 e. The maximum Gasteiger partial charge on any atom is 0.314 e. The summed E-state index contributed by atoms with van der Waals surface area (Å²) in [4.78, 5) is 25.3. The van der Waals surface area contributed by atoms with Gasteiger partial charge in [-0.25, -0.2) is 9.18 Å². The third-order valence-electron chi connectivity index (χ3n) is 4.52. The van der Waals surface area contributed by atoms with E-state index in [1.165, 1.54) is 17.0 Å². The van der Waals surface area contributed by atoms with E-state index in [9.17, 15) is 14.0 Å². The molecule has 3 N–H and O–H groups in total. The number of anilines is 1. The number of amides is 3. The molecule has 1 fully saturated rings. The van der Waals surface area contributed by atoms with Crippen molar-refractivity contribution in [2.45, 2.75) is 19.4 Å². The Bertz CT molecular complexity index is 810. The van der Waals surface area contributed by atoms with Crippen LogP contribution in [0.3, 0.4) is 0 Å². The highest BCUT2D eigenvalue weighted by Gasteiger charge is 2.27. The zero-order valence-electron chi connectivity index (χ0n) is 14.9. The third-order valence-corrected chi connectivity index (χ3v) is 4.52. The molecule has 1 aliphatic rings. The molecular formula is C20H22FN3O3. The number of benzene rings is 2. The number of urea groups is 1. The molecule has 3 rings (SSSR count). The van der Waals surface area contributed by atoms with Gasteiger partial charge in [0, 0.05) is 24.8 Å². The minimum absolute atomic E-state index is 0.142. The summed E-state index contributed by atoms with van der Waals surface area (Å²) in [5.74, 6) is -0.118. The SMILES string of the molecule is NC(=O)N1CCC[C@@H](C(=O)Nc2cccc(OCc3ccc(F)cc3)c2)C1. The van der Waals surface area contributed by atoms with Crippen molar-refractivity contribution in [3.63, 3.8) is 0 Å². The van der Waals surface area contributed by atoms with Crippen LogP contribution < -0.4 is 15.8 Å². The van der Waals surface area contributed by atoms with Crippen LogP contribution in [0, 0.1) is 11.7 Å². The first kappa shape index (κ1) is 18.7. The summed E-state index contributed by atoms with van der Waals surface area (Å²) in [7, 11) is 0. The summed E-state index contributed by atoms with van der Waals surface area (Å²) < 4.78 is 18.6. The number of primary amides is 1. The molecule has 1 saturated heterocycles. The largest absolute Gasteiger partial charge is 0.489 e. The summed E-state index contributed by atoms with van der Waals surface area (Å²) in [5, 5.41) is 2.87. The molecule has 6 nitrogen and oxygen atoms in total. The van der Waals surface area contributed by atoms with Crippen molar-refractivity contribution in [2.24, 2.45) is 11.7 Å². The van der Waals surface area contributed by atoms with Gasteiger partial charge in [0.15, 0.2) is 0 Å². The van der Waals surface area contributed by atoms with Crippen molar-refractivity contribution in [3.8, 4) is 5.75 Å². The van der Waals surface area contributed by atoms with E-state index < -0.39 is 6.03 Å². The number of likely N-dealkylation sites (tertiary alicyclic amines) is 1. The van der Waals surface area contributed by atoms with Crippen molar-refractivity contribution in [1.82, 2.24) is 4.90 Å². The molecule has 1 heterocycles. The van der Waals surface area contributed by atoms with Gasteiger partial charge in [-0.1, -0.05) is 18.2 Å². The molecule has 0 aliphatic carbocycles. The first-order valence-corrected chi connectivity index (χ1v) is 8.84. The number of nitrogens with two attached hydrogens (primary N) is 1. The fraction of sp³-hybridized carbons (Fsp3) is 0.300. The van der Waals surface area contributed by atoms with Crippen LogP contribution in [-0.4, -0.2) is 29.9 Å². The Labute approximate surface area is 157 Å². The molecule has 142 valence electrons. The Morgan fingerprint density at radius 1 is 1.22 bits per heavy atom. The van der Waals surface area contributed by atoms with Crippen LogP contribution in [0.25, 0.3) is 0 Å². The minimum Gasteiger partial charge on any atom is -0.489 e. The number of rotatable bonds is 5. The normalized spacial score (nSPS) is 16.6. The van der Waals surface area contributed by atoms with Crippen LogP contribution in [0.1, 0.15) is 18.4 Å². The molecule has 27 heavy (non-hydrogen) atoms. The van der Waals surface area contributed by atoms with Gasteiger partial charge < -0.3 is 20.7 Å².